The zero-order valence-electron chi connectivity index (χ0n) is 12.1. The molecular formula is C13H11F3N6O. The summed E-state index contributed by atoms with van der Waals surface area (Å²) in [5, 5.41) is 15.4. The summed E-state index contributed by atoms with van der Waals surface area (Å²) in [7, 11) is 0. The van der Waals surface area contributed by atoms with E-state index in [1.165, 1.54) is 16.9 Å². The number of tetrazole rings is 1. The number of aryl methyl sites for hydroxylation is 1. The second-order valence-corrected chi connectivity index (χ2v) is 4.87. The van der Waals surface area contributed by atoms with Gasteiger partial charge in [-0.15, -0.1) is 10.2 Å². The van der Waals surface area contributed by atoms with Gasteiger partial charge in [-0.25, -0.2) is 0 Å². The third-order valence-electron chi connectivity index (χ3n) is 3.12. The zero-order valence-corrected chi connectivity index (χ0v) is 12.1. The summed E-state index contributed by atoms with van der Waals surface area (Å²) in [4.78, 5) is 5.27. The monoisotopic (exact) mass is 324 g/mol. The predicted octanol–water partition coefficient (Wildman–Crippen LogP) is 2.66. The van der Waals surface area contributed by atoms with Crippen molar-refractivity contribution >= 4 is 0 Å². The number of alkyl halides is 3. The first-order chi connectivity index (χ1) is 10.8. The maximum Gasteiger partial charge on any atom is 0.416 e. The Morgan fingerprint density at radius 1 is 1.26 bits per heavy atom. The van der Waals surface area contributed by atoms with Crippen LogP contribution in [0.5, 0.6) is 0 Å². The molecule has 3 aromatic rings. The number of aromatic nitrogens is 6. The normalized spacial score (nSPS) is 13.3. The Kier molecular flexibility index (Phi) is 3.58. The minimum atomic E-state index is -4.43. The van der Waals surface area contributed by atoms with Crippen LogP contribution in [0.2, 0.25) is 0 Å². The molecule has 0 spiro atoms. The van der Waals surface area contributed by atoms with Gasteiger partial charge in [-0.2, -0.15) is 23.0 Å². The Labute approximate surface area is 128 Å². The predicted molar refractivity (Wildman–Crippen MR) is 71.1 cm³/mol. The molecule has 0 aliphatic rings. The Morgan fingerprint density at radius 3 is 2.70 bits per heavy atom. The molecule has 3 rings (SSSR count). The molecule has 0 aliphatic carbocycles. The first kappa shape index (κ1) is 15.1. The lowest BCUT2D eigenvalue weighted by atomic mass is 10.1. The molecule has 23 heavy (non-hydrogen) atoms. The van der Waals surface area contributed by atoms with Gasteiger partial charge >= 0.3 is 6.18 Å². The van der Waals surface area contributed by atoms with E-state index in [0.717, 1.165) is 12.1 Å². The highest BCUT2D eigenvalue weighted by Gasteiger charge is 2.30. The van der Waals surface area contributed by atoms with E-state index in [1.807, 2.05) is 0 Å². The first-order valence-electron chi connectivity index (χ1n) is 6.62. The van der Waals surface area contributed by atoms with Crippen molar-refractivity contribution in [2.45, 2.75) is 26.1 Å². The van der Waals surface area contributed by atoms with Crippen LogP contribution >= 0.6 is 0 Å². The molecule has 1 unspecified atom stereocenters. The molecule has 1 aromatic carbocycles. The van der Waals surface area contributed by atoms with Crippen molar-refractivity contribution < 1.29 is 17.7 Å². The average molecular weight is 324 g/mol. The summed E-state index contributed by atoms with van der Waals surface area (Å²) in [6.07, 6.45) is -4.43. The Morgan fingerprint density at radius 2 is 2.04 bits per heavy atom. The molecular weight excluding hydrogens is 313 g/mol. The fourth-order valence-electron chi connectivity index (χ4n) is 1.92. The largest absolute Gasteiger partial charge is 0.416 e. The molecule has 0 saturated carbocycles. The molecule has 120 valence electrons. The van der Waals surface area contributed by atoms with Crippen molar-refractivity contribution in [3.05, 3.63) is 41.5 Å². The van der Waals surface area contributed by atoms with Crippen molar-refractivity contribution in [2.75, 3.05) is 0 Å². The molecule has 0 saturated heterocycles. The Balaban J connectivity index is 1.90. The molecule has 0 radical (unpaired) electrons. The fourth-order valence-corrected chi connectivity index (χ4v) is 1.92. The van der Waals surface area contributed by atoms with E-state index in [9.17, 15) is 13.2 Å². The molecule has 0 N–H and O–H groups in total. The highest BCUT2D eigenvalue weighted by Crippen LogP contribution is 2.31. The standard InChI is InChI=1S/C13H11F3N6O/c1-7(12-17-8(2)20-23-12)22-19-11(18-21-22)9-4-3-5-10(6-9)13(14,15)16/h3-7H,1-2H3. The number of rotatable bonds is 3. The van der Waals surface area contributed by atoms with E-state index in [-0.39, 0.29) is 17.3 Å². The second-order valence-electron chi connectivity index (χ2n) is 4.87. The lowest BCUT2D eigenvalue weighted by molar-refractivity contribution is -0.137. The van der Waals surface area contributed by atoms with E-state index >= 15 is 0 Å². The van der Waals surface area contributed by atoms with E-state index in [1.54, 1.807) is 13.8 Å². The van der Waals surface area contributed by atoms with Gasteiger partial charge in [0.2, 0.25) is 5.82 Å². The van der Waals surface area contributed by atoms with E-state index in [0.29, 0.717) is 5.82 Å². The minimum absolute atomic E-state index is 0.0826. The van der Waals surface area contributed by atoms with Crippen molar-refractivity contribution in [3.63, 3.8) is 0 Å². The Hall–Kier alpha value is -2.78. The molecule has 2 heterocycles. The lowest BCUT2D eigenvalue weighted by Crippen LogP contribution is -2.11. The van der Waals surface area contributed by atoms with Crippen molar-refractivity contribution in [1.82, 2.24) is 30.3 Å². The van der Waals surface area contributed by atoms with Gasteiger partial charge in [0.25, 0.3) is 5.89 Å². The molecule has 0 aliphatic heterocycles. The number of benzene rings is 1. The van der Waals surface area contributed by atoms with Crippen LogP contribution in [0.15, 0.2) is 28.8 Å². The number of nitrogens with zero attached hydrogens (tertiary/aromatic N) is 6. The number of hydrogen-bond acceptors (Lipinski definition) is 6. The molecule has 1 atom stereocenters. The smallest absolute Gasteiger partial charge is 0.337 e. The van der Waals surface area contributed by atoms with Crippen LogP contribution < -0.4 is 0 Å². The summed E-state index contributed by atoms with van der Waals surface area (Å²) in [5.74, 6) is 0.833. The van der Waals surface area contributed by atoms with Crippen molar-refractivity contribution in [1.29, 1.82) is 0 Å². The van der Waals surface area contributed by atoms with Crippen LogP contribution in [0.3, 0.4) is 0 Å². The summed E-state index contributed by atoms with van der Waals surface area (Å²) in [5.41, 5.74) is -0.549. The molecule has 7 nitrogen and oxygen atoms in total. The average Bonchev–Trinajstić information content (AvgIpc) is 3.15. The van der Waals surface area contributed by atoms with E-state index in [2.05, 4.69) is 25.6 Å². The molecule has 2 aromatic heterocycles. The van der Waals surface area contributed by atoms with E-state index in [4.69, 9.17) is 4.52 Å². The van der Waals surface area contributed by atoms with Crippen LogP contribution in [0.1, 0.15) is 30.2 Å². The minimum Gasteiger partial charge on any atom is -0.337 e. The maximum absolute atomic E-state index is 12.8. The van der Waals surface area contributed by atoms with Crippen molar-refractivity contribution in [3.8, 4) is 11.4 Å². The molecule has 0 fully saturated rings. The topological polar surface area (TPSA) is 82.5 Å². The van der Waals surface area contributed by atoms with Gasteiger partial charge in [-0.3, -0.25) is 0 Å². The van der Waals surface area contributed by atoms with Crippen LogP contribution in [0.4, 0.5) is 13.2 Å². The maximum atomic E-state index is 12.8. The van der Waals surface area contributed by atoms with Crippen LogP contribution in [-0.2, 0) is 6.18 Å². The molecule has 0 amide bonds. The third kappa shape index (κ3) is 3.05. The quantitative estimate of drug-likeness (QED) is 0.736. The van der Waals surface area contributed by atoms with Crippen LogP contribution in [-0.4, -0.2) is 30.3 Å². The van der Waals surface area contributed by atoms with Crippen molar-refractivity contribution in [2.24, 2.45) is 0 Å². The second kappa shape index (κ2) is 5.45. The zero-order chi connectivity index (χ0) is 16.6. The summed E-state index contributed by atoms with van der Waals surface area (Å²) in [6, 6.07) is 4.26. The van der Waals surface area contributed by atoms with Gasteiger partial charge in [0.1, 0.15) is 6.04 Å². The van der Waals surface area contributed by atoms with Gasteiger partial charge in [0.15, 0.2) is 5.82 Å². The van der Waals surface area contributed by atoms with Crippen LogP contribution in [0.25, 0.3) is 11.4 Å². The van der Waals surface area contributed by atoms with Crippen LogP contribution in [0, 0.1) is 6.92 Å². The number of halogens is 3. The lowest BCUT2D eigenvalue weighted by Gasteiger charge is -2.06. The highest BCUT2D eigenvalue weighted by atomic mass is 19.4. The summed E-state index contributed by atoms with van der Waals surface area (Å²) < 4.78 is 43.3. The molecule has 10 heteroatoms. The SMILES string of the molecule is Cc1noc(C(C)n2nnc(-c3cccc(C(F)(F)F)c3)n2)n1. The van der Waals surface area contributed by atoms with Gasteiger partial charge in [-0.1, -0.05) is 17.3 Å². The summed E-state index contributed by atoms with van der Waals surface area (Å²) in [6.45, 7) is 3.38. The fraction of sp³-hybridized carbons (Fsp3) is 0.308. The summed E-state index contributed by atoms with van der Waals surface area (Å²) >= 11 is 0. The van der Waals surface area contributed by atoms with Gasteiger partial charge in [0, 0.05) is 5.56 Å². The van der Waals surface area contributed by atoms with E-state index < -0.39 is 17.8 Å². The van der Waals surface area contributed by atoms with Gasteiger partial charge < -0.3 is 4.52 Å². The Bertz CT molecular complexity index is 825. The highest BCUT2D eigenvalue weighted by molar-refractivity contribution is 5.55. The first-order valence-corrected chi connectivity index (χ1v) is 6.62. The third-order valence-corrected chi connectivity index (χ3v) is 3.12. The molecule has 0 bridgehead atoms. The van der Waals surface area contributed by atoms with Gasteiger partial charge in [-0.05, 0) is 31.2 Å². The van der Waals surface area contributed by atoms with Gasteiger partial charge in [0.05, 0.1) is 5.56 Å². The number of hydrogen-bond donors (Lipinski definition) is 0.